The molecule has 96 valence electrons. The molecule has 1 rings (SSSR count). The third-order valence-electron chi connectivity index (χ3n) is 2.29. The molecule has 2 N–H and O–H groups in total. The van der Waals surface area contributed by atoms with Crippen molar-refractivity contribution in [2.24, 2.45) is 0 Å². The molecule has 0 aromatic carbocycles. The molecule has 1 heterocycles. The zero-order valence-electron chi connectivity index (χ0n) is 11.2. The SMILES string of the molecule is CCNc1ccnc(CN(C)CC(C)(C)O)c1. The van der Waals surface area contributed by atoms with Crippen molar-refractivity contribution in [2.45, 2.75) is 32.9 Å². The molecule has 0 aliphatic heterocycles. The average Bonchev–Trinajstić information content (AvgIpc) is 2.15. The van der Waals surface area contributed by atoms with Crippen molar-refractivity contribution in [3.05, 3.63) is 24.0 Å². The fourth-order valence-electron chi connectivity index (χ4n) is 1.87. The maximum absolute atomic E-state index is 9.73. The van der Waals surface area contributed by atoms with Crippen LogP contribution in [0.1, 0.15) is 26.5 Å². The lowest BCUT2D eigenvalue weighted by atomic mass is 10.1. The zero-order valence-corrected chi connectivity index (χ0v) is 11.2. The lowest BCUT2D eigenvalue weighted by molar-refractivity contribution is 0.0422. The van der Waals surface area contributed by atoms with Crippen molar-refractivity contribution in [2.75, 3.05) is 25.5 Å². The summed E-state index contributed by atoms with van der Waals surface area (Å²) in [7, 11) is 1.99. The first kappa shape index (κ1) is 13.9. The monoisotopic (exact) mass is 237 g/mol. The topological polar surface area (TPSA) is 48.4 Å². The number of nitrogens with one attached hydrogen (secondary N) is 1. The summed E-state index contributed by atoms with van der Waals surface area (Å²) in [6, 6.07) is 4.01. The summed E-state index contributed by atoms with van der Waals surface area (Å²) in [6.45, 7) is 7.96. The fourth-order valence-corrected chi connectivity index (χ4v) is 1.87. The second-order valence-electron chi connectivity index (χ2n) is 5.05. The van der Waals surface area contributed by atoms with E-state index in [0.29, 0.717) is 6.54 Å². The molecule has 17 heavy (non-hydrogen) atoms. The minimum atomic E-state index is -0.673. The number of rotatable bonds is 6. The Morgan fingerprint density at radius 2 is 2.18 bits per heavy atom. The van der Waals surface area contributed by atoms with E-state index in [4.69, 9.17) is 0 Å². The predicted molar refractivity (Wildman–Crippen MR) is 71.0 cm³/mol. The second kappa shape index (κ2) is 5.98. The first-order valence-corrected chi connectivity index (χ1v) is 6.00. The van der Waals surface area contributed by atoms with Gasteiger partial charge in [-0.3, -0.25) is 9.88 Å². The van der Waals surface area contributed by atoms with E-state index in [9.17, 15) is 5.11 Å². The van der Waals surface area contributed by atoms with Crippen LogP contribution in [0.25, 0.3) is 0 Å². The third-order valence-corrected chi connectivity index (χ3v) is 2.29. The number of aromatic nitrogens is 1. The zero-order chi connectivity index (χ0) is 12.9. The van der Waals surface area contributed by atoms with Gasteiger partial charge in [-0.1, -0.05) is 0 Å². The molecule has 0 bridgehead atoms. The van der Waals surface area contributed by atoms with Crippen LogP contribution in [0.2, 0.25) is 0 Å². The Morgan fingerprint density at radius 3 is 2.76 bits per heavy atom. The minimum absolute atomic E-state index is 0.625. The molecule has 0 saturated carbocycles. The van der Waals surface area contributed by atoms with Gasteiger partial charge >= 0.3 is 0 Å². The Kier molecular flexibility index (Phi) is 4.90. The highest BCUT2D eigenvalue weighted by Crippen LogP contribution is 2.11. The molecule has 4 heteroatoms. The number of anilines is 1. The van der Waals surface area contributed by atoms with Crippen LogP contribution in [0.15, 0.2) is 18.3 Å². The van der Waals surface area contributed by atoms with Gasteiger partial charge in [-0.05, 0) is 40.0 Å². The number of pyridine rings is 1. The van der Waals surface area contributed by atoms with Gasteiger partial charge in [-0.25, -0.2) is 0 Å². The molecule has 0 aliphatic rings. The van der Waals surface area contributed by atoms with Gasteiger partial charge in [0.15, 0.2) is 0 Å². The van der Waals surface area contributed by atoms with Crippen LogP contribution < -0.4 is 5.32 Å². The molecule has 0 spiro atoms. The summed E-state index contributed by atoms with van der Waals surface area (Å²) in [6.07, 6.45) is 1.81. The molecule has 1 aromatic heterocycles. The van der Waals surface area contributed by atoms with E-state index in [1.165, 1.54) is 0 Å². The minimum Gasteiger partial charge on any atom is -0.389 e. The molecular formula is C13H23N3O. The van der Waals surface area contributed by atoms with E-state index in [2.05, 4.69) is 22.1 Å². The van der Waals surface area contributed by atoms with Gasteiger partial charge in [0.2, 0.25) is 0 Å². The van der Waals surface area contributed by atoms with Crippen LogP contribution in [0, 0.1) is 0 Å². The smallest absolute Gasteiger partial charge is 0.0718 e. The molecule has 4 nitrogen and oxygen atoms in total. The van der Waals surface area contributed by atoms with Gasteiger partial charge in [-0.15, -0.1) is 0 Å². The first-order chi connectivity index (χ1) is 7.90. The normalized spacial score (nSPS) is 11.9. The first-order valence-electron chi connectivity index (χ1n) is 6.00. The Morgan fingerprint density at radius 1 is 1.47 bits per heavy atom. The van der Waals surface area contributed by atoms with E-state index in [1.807, 2.05) is 39.2 Å². The van der Waals surface area contributed by atoms with Gasteiger partial charge in [-0.2, -0.15) is 0 Å². The van der Waals surface area contributed by atoms with E-state index in [1.54, 1.807) is 0 Å². The molecular weight excluding hydrogens is 214 g/mol. The summed E-state index contributed by atoms with van der Waals surface area (Å²) in [4.78, 5) is 6.40. The van der Waals surface area contributed by atoms with Crippen LogP contribution in [-0.2, 0) is 6.54 Å². The Balaban J connectivity index is 2.58. The third kappa shape index (κ3) is 5.65. The van der Waals surface area contributed by atoms with Crippen molar-refractivity contribution in [1.82, 2.24) is 9.88 Å². The highest BCUT2D eigenvalue weighted by atomic mass is 16.3. The van der Waals surface area contributed by atoms with Crippen LogP contribution in [0.3, 0.4) is 0 Å². The van der Waals surface area contributed by atoms with Crippen molar-refractivity contribution < 1.29 is 5.11 Å². The summed E-state index contributed by atoms with van der Waals surface area (Å²) < 4.78 is 0. The van der Waals surface area contributed by atoms with Crippen molar-refractivity contribution in [3.63, 3.8) is 0 Å². The number of hydrogen-bond donors (Lipinski definition) is 2. The summed E-state index contributed by atoms with van der Waals surface area (Å²) >= 11 is 0. The van der Waals surface area contributed by atoms with E-state index >= 15 is 0 Å². The van der Waals surface area contributed by atoms with Crippen molar-refractivity contribution in [1.29, 1.82) is 0 Å². The molecule has 0 aliphatic carbocycles. The Labute approximate surface area is 104 Å². The van der Waals surface area contributed by atoms with Crippen molar-refractivity contribution >= 4 is 5.69 Å². The van der Waals surface area contributed by atoms with Gasteiger partial charge in [0.1, 0.15) is 0 Å². The number of aliphatic hydroxyl groups is 1. The number of nitrogens with zero attached hydrogens (tertiary/aromatic N) is 2. The molecule has 0 unspecified atom stereocenters. The van der Waals surface area contributed by atoms with Crippen LogP contribution in [0.4, 0.5) is 5.69 Å². The molecule has 1 aromatic rings. The highest BCUT2D eigenvalue weighted by molar-refractivity contribution is 5.42. The van der Waals surface area contributed by atoms with E-state index < -0.39 is 5.60 Å². The molecule has 0 atom stereocenters. The summed E-state index contributed by atoms with van der Waals surface area (Å²) in [5, 5.41) is 13.0. The number of likely N-dealkylation sites (N-methyl/N-ethyl adjacent to an activating group) is 1. The maximum Gasteiger partial charge on any atom is 0.0718 e. The number of hydrogen-bond acceptors (Lipinski definition) is 4. The summed E-state index contributed by atoms with van der Waals surface area (Å²) in [5.41, 5.74) is 1.43. The molecule has 0 radical (unpaired) electrons. The standard InChI is InChI=1S/C13H23N3O/c1-5-14-11-6-7-15-12(8-11)9-16(4)10-13(2,3)17/h6-8,17H,5,9-10H2,1-4H3,(H,14,15). The van der Waals surface area contributed by atoms with Crippen LogP contribution in [-0.4, -0.2) is 40.7 Å². The summed E-state index contributed by atoms with van der Waals surface area (Å²) in [5.74, 6) is 0. The van der Waals surface area contributed by atoms with Crippen LogP contribution >= 0.6 is 0 Å². The lowest BCUT2D eigenvalue weighted by Crippen LogP contribution is -2.35. The maximum atomic E-state index is 9.73. The largest absolute Gasteiger partial charge is 0.389 e. The molecule has 0 fully saturated rings. The predicted octanol–water partition coefficient (Wildman–Crippen LogP) is 1.72. The fraction of sp³-hybridized carbons (Fsp3) is 0.615. The van der Waals surface area contributed by atoms with Gasteiger partial charge in [0, 0.05) is 31.5 Å². The second-order valence-corrected chi connectivity index (χ2v) is 5.05. The van der Waals surface area contributed by atoms with Crippen molar-refractivity contribution in [3.8, 4) is 0 Å². The van der Waals surface area contributed by atoms with Crippen LogP contribution in [0.5, 0.6) is 0 Å². The molecule has 0 amide bonds. The van der Waals surface area contributed by atoms with Gasteiger partial charge in [0.25, 0.3) is 0 Å². The van der Waals surface area contributed by atoms with Gasteiger partial charge < -0.3 is 10.4 Å². The molecule has 0 saturated heterocycles. The Hall–Kier alpha value is -1.13. The van der Waals surface area contributed by atoms with Gasteiger partial charge in [0.05, 0.1) is 11.3 Å². The lowest BCUT2D eigenvalue weighted by Gasteiger charge is -2.25. The van der Waals surface area contributed by atoms with E-state index in [-0.39, 0.29) is 0 Å². The average molecular weight is 237 g/mol. The van der Waals surface area contributed by atoms with E-state index in [0.717, 1.165) is 24.5 Å². The Bertz CT molecular complexity index is 347. The quantitative estimate of drug-likeness (QED) is 0.791. The highest BCUT2D eigenvalue weighted by Gasteiger charge is 2.15.